The molecule has 0 aliphatic carbocycles. The molecular weight excluding hydrogens is 290 g/mol. The number of rotatable bonds is 10. The van der Waals surface area contributed by atoms with E-state index in [1.165, 1.54) is 0 Å². The van der Waals surface area contributed by atoms with Crippen LogP contribution in [0.15, 0.2) is 18.2 Å². The Labute approximate surface area is 127 Å². The largest absolute Gasteiger partial charge is 0.490 e. The molecular formula is C15H25NO4S. The average molecular weight is 315 g/mol. The second-order valence-electron chi connectivity index (χ2n) is 4.72. The van der Waals surface area contributed by atoms with E-state index >= 15 is 0 Å². The summed E-state index contributed by atoms with van der Waals surface area (Å²) in [4.78, 5) is 0. The van der Waals surface area contributed by atoms with Crippen molar-refractivity contribution in [1.82, 2.24) is 0 Å². The van der Waals surface area contributed by atoms with Gasteiger partial charge in [-0.25, -0.2) is 8.42 Å². The molecule has 0 aromatic heterocycles. The number of hydrogen-bond donors (Lipinski definition) is 1. The first-order valence-corrected chi connectivity index (χ1v) is 9.14. The second-order valence-corrected chi connectivity index (χ2v) is 7.02. The van der Waals surface area contributed by atoms with Gasteiger partial charge < -0.3 is 15.2 Å². The molecule has 0 aliphatic rings. The quantitative estimate of drug-likeness (QED) is 0.712. The molecule has 2 N–H and O–H groups in total. The summed E-state index contributed by atoms with van der Waals surface area (Å²) >= 11 is 0. The van der Waals surface area contributed by atoms with E-state index in [0.29, 0.717) is 37.5 Å². The van der Waals surface area contributed by atoms with Crippen LogP contribution >= 0.6 is 0 Å². The molecule has 120 valence electrons. The molecule has 0 unspecified atom stereocenters. The highest BCUT2D eigenvalue weighted by molar-refractivity contribution is 7.91. The Hall–Kier alpha value is -1.27. The van der Waals surface area contributed by atoms with Crippen LogP contribution in [0.25, 0.3) is 0 Å². The monoisotopic (exact) mass is 315 g/mol. The summed E-state index contributed by atoms with van der Waals surface area (Å²) in [6.45, 7) is 4.90. The van der Waals surface area contributed by atoms with Crippen LogP contribution in [0.4, 0.5) is 0 Å². The zero-order chi connectivity index (χ0) is 15.7. The summed E-state index contributed by atoms with van der Waals surface area (Å²) in [6.07, 6.45) is 1.29. The third kappa shape index (κ3) is 5.93. The minimum atomic E-state index is -3.04. The Morgan fingerprint density at radius 3 is 2.52 bits per heavy atom. The molecule has 0 aliphatic heterocycles. The highest BCUT2D eigenvalue weighted by Gasteiger charge is 2.14. The Balaban J connectivity index is 2.80. The number of para-hydroxylation sites is 1. The second kappa shape index (κ2) is 8.89. The summed E-state index contributed by atoms with van der Waals surface area (Å²) in [7, 11) is -3.04. The van der Waals surface area contributed by atoms with E-state index in [1.54, 1.807) is 0 Å². The topological polar surface area (TPSA) is 78.6 Å². The van der Waals surface area contributed by atoms with Crippen molar-refractivity contribution >= 4 is 9.84 Å². The number of hydrogen-bond acceptors (Lipinski definition) is 5. The summed E-state index contributed by atoms with van der Waals surface area (Å²) < 4.78 is 34.7. The van der Waals surface area contributed by atoms with Gasteiger partial charge in [0.05, 0.1) is 18.1 Å². The molecule has 0 heterocycles. The first-order valence-electron chi connectivity index (χ1n) is 7.32. The first kappa shape index (κ1) is 17.8. The third-order valence-electron chi connectivity index (χ3n) is 2.93. The number of sulfone groups is 1. The van der Waals surface area contributed by atoms with Gasteiger partial charge in [-0.1, -0.05) is 19.1 Å². The Morgan fingerprint density at radius 2 is 1.90 bits per heavy atom. The van der Waals surface area contributed by atoms with E-state index in [2.05, 4.69) is 0 Å². The van der Waals surface area contributed by atoms with Gasteiger partial charge >= 0.3 is 0 Å². The maximum atomic E-state index is 11.7. The SMILES string of the molecule is CCCS(=O)(=O)CCOc1c(CCN)cccc1OCC. The normalized spacial score (nSPS) is 11.4. The number of nitrogens with two attached hydrogens (primary N) is 1. The van der Waals surface area contributed by atoms with Gasteiger partial charge in [0, 0.05) is 0 Å². The highest BCUT2D eigenvalue weighted by Crippen LogP contribution is 2.31. The molecule has 21 heavy (non-hydrogen) atoms. The van der Waals surface area contributed by atoms with Crippen LogP contribution in [-0.2, 0) is 16.3 Å². The average Bonchev–Trinajstić information content (AvgIpc) is 2.42. The van der Waals surface area contributed by atoms with Crippen LogP contribution in [0, 0.1) is 0 Å². The highest BCUT2D eigenvalue weighted by atomic mass is 32.2. The molecule has 0 radical (unpaired) electrons. The zero-order valence-corrected chi connectivity index (χ0v) is 13.6. The maximum absolute atomic E-state index is 11.7. The molecule has 1 aromatic rings. The van der Waals surface area contributed by atoms with Crippen molar-refractivity contribution in [3.8, 4) is 11.5 Å². The van der Waals surface area contributed by atoms with Gasteiger partial charge in [0.2, 0.25) is 0 Å². The van der Waals surface area contributed by atoms with Crippen molar-refractivity contribution in [3.05, 3.63) is 23.8 Å². The van der Waals surface area contributed by atoms with Crippen molar-refractivity contribution < 1.29 is 17.9 Å². The van der Waals surface area contributed by atoms with Gasteiger partial charge in [-0.3, -0.25) is 0 Å². The van der Waals surface area contributed by atoms with E-state index in [4.69, 9.17) is 15.2 Å². The molecule has 0 fully saturated rings. The molecule has 6 heteroatoms. The maximum Gasteiger partial charge on any atom is 0.164 e. The van der Waals surface area contributed by atoms with E-state index in [1.807, 2.05) is 32.0 Å². The smallest absolute Gasteiger partial charge is 0.164 e. The van der Waals surface area contributed by atoms with Crippen LogP contribution in [-0.4, -0.2) is 39.7 Å². The summed E-state index contributed by atoms with van der Waals surface area (Å²) in [5.41, 5.74) is 6.54. The fourth-order valence-electron chi connectivity index (χ4n) is 2.03. The van der Waals surface area contributed by atoms with Crippen molar-refractivity contribution in [2.24, 2.45) is 5.73 Å². The van der Waals surface area contributed by atoms with E-state index in [-0.39, 0.29) is 18.1 Å². The first-order chi connectivity index (χ1) is 10.0. The van der Waals surface area contributed by atoms with E-state index in [9.17, 15) is 8.42 Å². The van der Waals surface area contributed by atoms with Gasteiger partial charge in [0.25, 0.3) is 0 Å². The lowest BCUT2D eigenvalue weighted by Gasteiger charge is -2.15. The Bertz CT molecular complexity index is 504. The molecule has 0 saturated carbocycles. The summed E-state index contributed by atoms with van der Waals surface area (Å²) in [5.74, 6) is 1.45. The molecule has 0 spiro atoms. The van der Waals surface area contributed by atoms with Crippen molar-refractivity contribution in [2.45, 2.75) is 26.7 Å². The molecule has 0 atom stereocenters. The molecule has 5 nitrogen and oxygen atoms in total. The fraction of sp³-hybridized carbons (Fsp3) is 0.600. The van der Waals surface area contributed by atoms with Crippen LogP contribution in [0.2, 0.25) is 0 Å². The van der Waals surface area contributed by atoms with Gasteiger partial charge in [0.15, 0.2) is 21.3 Å². The van der Waals surface area contributed by atoms with Gasteiger partial charge in [-0.05, 0) is 37.9 Å². The minimum absolute atomic E-state index is 0.0172. The molecule has 1 rings (SSSR count). The van der Waals surface area contributed by atoms with Crippen molar-refractivity contribution in [2.75, 3.05) is 31.3 Å². The van der Waals surface area contributed by atoms with Crippen LogP contribution in [0.1, 0.15) is 25.8 Å². The third-order valence-corrected chi connectivity index (χ3v) is 4.75. The van der Waals surface area contributed by atoms with Crippen LogP contribution in [0.3, 0.4) is 0 Å². The zero-order valence-electron chi connectivity index (χ0n) is 12.8. The van der Waals surface area contributed by atoms with E-state index in [0.717, 1.165) is 5.56 Å². The lowest BCUT2D eigenvalue weighted by Crippen LogP contribution is -2.17. The summed E-state index contributed by atoms with van der Waals surface area (Å²) in [5, 5.41) is 0. The van der Waals surface area contributed by atoms with Crippen molar-refractivity contribution in [1.29, 1.82) is 0 Å². The van der Waals surface area contributed by atoms with Crippen LogP contribution in [0.5, 0.6) is 11.5 Å². The van der Waals surface area contributed by atoms with Gasteiger partial charge in [0.1, 0.15) is 6.61 Å². The Kier molecular flexibility index (Phi) is 7.53. The molecule has 0 amide bonds. The lowest BCUT2D eigenvalue weighted by atomic mass is 10.1. The minimum Gasteiger partial charge on any atom is -0.490 e. The molecule has 1 aromatic carbocycles. The fourth-order valence-corrected chi connectivity index (χ4v) is 3.19. The lowest BCUT2D eigenvalue weighted by molar-refractivity contribution is 0.286. The number of benzene rings is 1. The van der Waals surface area contributed by atoms with Gasteiger partial charge in [-0.2, -0.15) is 0 Å². The standard InChI is InChI=1S/C15H25NO4S/c1-3-11-21(17,18)12-10-20-15-13(8-9-16)6-5-7-14(15)19-4-2/h5-7H,3-4,8-12,16H2,1-2H3. The van der Waals surface area contributed by atoms with Gasteiger partial charge in [-0.15, -0.1) is 0 Å². The predicted molar refractivity (Wildman–Crippen MR) is 84.8 cm³/mol. The molecule has 0 saturated heterocycles. The summed E-state index contributed by atoms with van der Waals surface area (Å²) in [6, 6.07) is 5.63. The van der Waals surface area contributed by atoms with Crippen LogP contribution < -0.4 is 15.2 Å². The Morgan fingerprint density at radius 1 is 1.14 bits per heavy atom. The van der Waals surface area contributed by atoms with Crippen molar-refractivity contribution in [3.63, 3.8) is 0 Å². The number of ether oxygens (including phenoxy) is 2. The molecule has 0 bridgehead atoms. The van der Waals surface area contributed by atoms with E-state index < -0.39 is 9.84 Å². The predicted octanol–water partition coefficient (Wildman–Crippen LogP) is 1.79.